The average Bonchev–Trinajstić information content (AvgIpc) is 2.30. The van der Waals surface area contributed by atoms with E-state index in [9.17, 15) is 4.79 Å². The minimum absolute atomic E-state index is 0.361. The second kappa shape index (κ2) is 4.00. The number of amides is 1. The van der Waals surface area contributed by atoms with Crippen LogP contribution >= 0.6 is 0 Å². The lowest BCUT2D eigenvalue weighted by Gasteiger charge is -2.23. The maximum atomic E-state index is 11.0. The van der Waals surface area contributed by atoms with Crippen LogP contribution < -0.4 is 10.6 Å². The summed E-state index contributed by atoms with van der Waals surface area (Å²) in [5.41, 5.74) is 6.92. The zero-order valence-corrected chi connectivity index (χ0v) is 8.26. The van der Waals surface area contributed by atoms with Crippen LogP contribution in [0.15, 0.2) is 54.3 Å². The summed E-state index contributed by atoms with van der Waals surface area (Å²) >= 11 is 0. The molecule has 2 N–H and O–H groups in total. The maximum Gasteiger partial charge on any atom is 0.246 e. The highest BCUT2D eigenvalue weighted by Crippen LogP contribution is 2.17. The van der Waals surface area contributed by atoms with Gasteiger partial charge in [-0.1, -0.05) is 24.3 Å². The molecule has 76 valence electrons. The first kappa shape index (κ1) is 9.52. The second-order valence-electron chi connectivity index (χ2n) is 3.36. The van der Waals surface area contributed by atoms with Gasteiger partial charge in [0.05, 0.1) is 6.54 Å². The van der Waals surface area contributed by atoms with Gasteiger partial charge in [-0.3, -0.25) is 4.79 Å². The number of carbonyl (C=O) groups excluding carboxylic acids is 1. The number of nitrogens with zero attached hydrogens (tertiary/aromatic N) is 1. The molecule has 0 spiro atoms. The summed E-state index contributed by atoms with van der Waals surface area (Å²) in [6.45, 7) is 0.538. The van der Waals surface area contributed by atoms with Crippen molar-refractivity contribution in [3.63, 3.8) is 0 Å². The number of primary amides is 1. The number of para-hydroxylation sites is 1. The minimum atomic E-state index is -0.361. The molecule has 0 fully saturated rings. The van der Waals surface area contributed by atoms with E-state index in [4.69, 9.17) is 5.73 Å². The van der Waals surface area contributed by atoms with E-state index in [0.717, 1.165) is 5.69 Å². The summed E-state index contributed by atoms with van der Waals surface area (Å²) in [4.78, 5) is 13.0. The van der Waals surface area contributed by atoms with Crippen molar-refractivity contribution in [2.75, 3.05) is 11.4 Å². The number of carbonyl (C=O) groups is 1. The Morgan fingerprint density at radius 3 is 2.67 bits per heavy atom. The molecule has 0 aliphatic carbocycles. The lowest BCUT2D eigenvalue weighted by molar-refractivity contribution is -0.114. The molecule has 1 aromatic rings. The van der Waals surface area contributed by atoms with Crippen molar-refractivity contribution in [1.82, 2.24) is 0 Å². The molecular formula is C12H12N2O. The van der Waals surface area contributed by atoms with Gasteiger partial charge in [0.25, 0.3) is 0 Å². The van der Waals surface area contributed by atoms with Gasteiger partial charge < -0.3 is 10.6 Å². The van der Waals surface area contributed by atoms with Gasteiger partial charge in [0, 0.05) is 17.5 Å². The van der Waals surface area contributed by atoms with E-state index >= 15 is 0 Å². The summed E-state index contributed by atoms with van der Waals surface area (Å²) < 4.78 is 0. The highest BCUT2D eigenvalue weighted by Gasteiger charge is 2.12. The van der Waals surface area contributed by atoms with Gasteiger partial charge in [0.1, 0.15) is 0 Å². The van der Waals surface area contributed by atoms with Crippen molar-refractivity contribution in [2.24, 2.45) is 5.73 Å². The molecule has 1 aliphatic heterocycles. The third-order valence-electron chi connectivity index (χ3n) is 2.31. The molecule has 0 saturated carbocycles. The standard InChI is InChI=1S/C12H12N2O/c13-12(15)10-5-4-8-14(9-10)11-6-2-1-3-7-11/h1-8H,9H2,(H2,13,15). The number of hydrogen-bond acceptors (Lipinski definition) is 2. The number of hydrogen-bond donors (Lipinski definition) is 1. The number of nitrogens with two attached hydrogens (primary N) is 1. The van der Waals surface area contributed by atoms with Crippen LogP contribution in [0.2, 0.25) is 0 Å². The second-order valence-corrected chi connectivity index (χ2v) is 3.36. The van der Waals surface area contributed by atoms with Crippen molar-refractivity contribution in [2.45, 2.75) is 0 Å². The number of benzene rings is 1. The molecule has 1 amide bonds. The van der Waals surface area contributed by atoms with Crippen molar-refractivity contribution >= 4 is 11.6 Å². The fraction of sp³-hybridized carbons (Fsp3) is 0.0833. The Morgan fingerprint density at radius 1 is 1.27 bits per heavy atom. The molecular weight excluding hydrogens is 188 g/mol. The van der Waals surface area contributed by atoms with Crippen LogP contribution in [0.5, 0.6) is 0 Å². The largest absolute Gasteiger partial charge is 0.366 e. The summed E-state index contributed by atoms with van der Waals surface area (Å²) in [6, 6.07) is 9.88. The summed E-state index contributed by atoms with van der Waals surface area (Å²) in [5.74, 6) is -0.361. The van der Waals surface area contributed by atoms with Crippen LogP contribution in [0.3, 0.4) is 0 Å². The first-order valence-electron chi connectivity index (χ1n) is 4.76. The zero-order valence-electron chi connectivity index (χ0n) is 8.26. The predicted molar refractivity (Wildman–Crippen MR) is 60.2 cm³/mol. The van der Waals surface area contributed by atoms with E-state index in [-0.39, 0.29) is 5.91 Å². The molecule has 1 aromatic carbocycles. The zero-order chi connectivity index (χ0) is 10.7. The van der Waals surface area contributed by atoms with Crippen LogP contribution in [-0.2, 0) is 4.79 Å². The third kappa shape index (κ3) is 2.07. The van der Waals surface area contributed by atoms with Gasteiger partial charge in [-0.25, -0.2) is 0 Å². The van der Waals surface area contributed by atoms with Crippen LogP contribution in [0.1, 0.15) is 0 Å². The number of anilines is 1. The molecule has 0 aromatic heterocycles. The number of allylic oxidation sites excluding steroid dienone is 2. The van der Waals surface area contributed by atoms with Gasteiger partial charge in [-0.05, 0) is 18.2 Å². The summed E-state index contributed by atoms with van der Waals surface area (Å²) in [5, 5.41) is 0. The molecule has 0 bridgehead atoms. The SMILES string of the molecule is NC(=O)C1=CC=CN(c2ccccc2)C1. The molecule has 3 heteroatoms. The van der Waals surface area contributed by atoms with E-state index in [1.807, 2.05) is 47.5 Å². The monoisotopic (exact) mass is 200 g/mol. The minimum Gasteiger partial charge on any atom is -0.366 e. The fourth-order valence-electron chi connectivity index (χ4n) is 1.51. The van der Waals surface area contributed by atoms with E-state index in [1.54, 1.807) is 6.08 Å². The molecule has 1 heterocycles. The Morgan fingerprint density at radius 2 is 2.00 bits per heavy atom. The fourth-order valence-corrected chi connectivity index (χ4v) is 1.51. The van der Waals surface area contributed by atoms with Crippen LogP contribution in [0.25, 0.3) is 0 Å². The summed E-state index contributed by atoms with van der Waals surface area (Å²) in [7, 11) is 0. The van der Waals surface area contributed by atoms with Gasteiger partial charge in [-0.2, -0.15) is 0 Å². The predicted octanol–water partition coefficient (Wildman–Crippen LogP) is 1.43. The van der Waals surface area contributed by atoms with Crippen molar-refractivity contribution in [1.29, 1.82) is 0 Å². The average molecular weight is 200 g/mol. The van der Waals surface area contributed by atoms with E-state index in [1.165, 1.54) is 0 Å². The molecule has 1 aliphatic rings. The molecule has 2 rings (SSSR count). The molecule has 15 heavy (non-hydrogen) atoms. The van der Waals surface area contributed by atoms with Gasteiger partial charge in [-0.15, -0.1) is 0 Å². The Balaban J connectivity index is 2.19. The molecule has 0 atom stereocenters. The van der Waals surface area contributed by atoms with Crippen LogP contribution in [0.4, 0.5) is 5.69 Å². The van der Waals surface area contributed by atoms with E-state index in [0.29, 0.717) is 12.1 Å². The Hall–Kier alpha value is -2.03. The van der Waals surface area contributed by atoms with Crippen LogP contribution in [0, 0.1) is 0 Å². The van der Waals surface area contributed by atoms with Gasteiger partial charge in [0.2, 0.25) is 5.91 Å². The highest BCUT2D eigenvalue weighted by molar-refractivity contribution is 5.93. The Labute approximate surface area is 88.5 Å². The van der Waals surface area contributed by atoms with Gasteiger partial charge >= 0.3 is 0 Å². The lowest BCUT2D eigenvalue weighted by atomic mass is 10.1. The molecule has 3 nitrogen and oxygen atoms in total. The third-order valence-corrected chi connectivity index (χ3v) is 2.31. The quantitative estimate of drug-likeness (QED) is 0.785. The van der Waals surface area contributed by atoms with E-state index in [2.05, 4.69) is 0 Å². The molecule has 0 unspecified atom stereocenters. The van der Waals surface area contributed by atoms with Crippen molar-refractivity contribution < 1.29 is 4.79 Å². The normalized spacial score (nSPS) is 14.9. The smallest absolute Gasteiger partial charge is 0.246 e. The molecule has 0 saturated heterocycles. The van der Waals surface area contributed by atoms with Crippen molar-refractivity contribution in [3.05, 3.63) is 54.3 Å². The number of rotatable bonds is 2. The summed E-state index contributed by atoms with van der Waals surface area (Å²) in [6.07, 6.45) is 5.51. The highest BCUT2D eigenvalue weighted by atomic mass is 16.1. The Bertz CT molecular complexity index is 421. The maximum absolute atomic E-state index is 11.0. The van der Waals surface area contributed by atoms with Crippen molar-refractivity contribution in [3.8, 4) is 0 Å². The first-order valence-corrected chi connectivity index (χ1v) is 4.76. The molecule has 0 radical (unpaired) electrons. The van der Waals surface area contributed by atoms with Crippen LogP contribution in [-0.4, -0.2) is 12.5 Å². The topological polar surface area (TPSA) is 46.3 Å². The Kier molecular flexibility index (Phi) is 2.54. The first-order chi connectivity index (χ1) is 7.27. The van der Waals surface area contributed by atoms with E-state index < -0.39 is 0 Å². The van der Waals surface area contributed by atoms with Gasteiger partial charge in [0.15, 0.2) is 0 Å². The lowest BCUT2D eigenvalue weighted by Crippen LogP contribution is -2.28.